The molecule has 0 saturated carbocycles. The van der Waals surface area contributed by atoms with Crippen LogP contribution in [0.15, 0.2) is 21.2 Å². The van der Waals surface area contributed by atoms with Gasteiger partial charge in [0, 0.05) is 26.2 Å². The van der Waals surface area contributed by atoms with Gasteiger partial charge in [-0.3, -0.25) is 4.90 Å². The highest BCUT2D eigenvalue weighted by atomic mass is 79.9. The minimum absolute atomic E-state index is 0.323. The summed E-state index contributed by atoms with van der Waals surface area (Å²) in [7, 11) is 0. The van der Waals surface area contributed by atoms with Crippen molar-refractivity contribution < 1.29 is 13.2 Å². The summed E-state index contributed by atoms with van der Waals surface area (Å²) in [5.74, 6) is 0.323. The zero-order valence-corrected chi connectivity index (χ0v) is 10.2. The Kier molecular flexibility index (Phi) is 3.94. The van der Waals surface area contributed by atoms with Crippen molar-refractivity contribution in [2.45, 2.75) is 12.5 Å². The van der Waals surface area contributed by atoms with Crippen LogP contribution in [0.5, 0.6) is 0 Å². The zero-order chi connectivity index (χ0) is 11.5. The Bertz CT molecular complexity index is 339. The SMILES string of the molecule is FC(F)[C@@H](c1ccc(Br)o1)N1CCNCC1. The van der Waals surface area contributed by atoms with E-state index in [1.807, 2.05) is 0 Å². The van der Waals surface area contributed by atoms with Gasteiger partial charge in [0.05, 0.1) is 0 Å². The Morgan fingerprint density at radius 1 is 1.31 bits per heavy atom. The lowest BCUT2D eigenvalue weighted by atomic mass is 10.1. The van der Waals surface area contributed by atoms with Gasteiger partial charge in [-0.2, -0.15) is 0 Å². The molecule has 1 aromatic heterocycles. The van der Waals surface area contributed by atoms with Gasteiger partial charge in [-0.15, -0.1) is 0 Å². The molecule has 3 nitrogen and oxygen atoms in total. The molecule has 0 radical (unpaired) electrons. The quantitative estimate of drug-likeness (QED) is 0.927. The van der Waals surface area contributed by atoms with Gasteiger partial charge >= 0.3 is 0 Å². The van der Waals surface area contributed by atoms with Crippen LogP contribution in [0.2, 0.25) is 0 Å². The van der Waals surface area contributed by atoms with Crippen LogP contribution >= 0.6 is 15.9 Å². The number of piperazine rings is 1. The van der Waals surface area contributed by atoms with Crippen molar-refractivity contribution in [2.24, 2.45) is 0 Å². The number of nitrogens with one attached hydrogen (secondary N) is 1. The molecular formula is C10H13BrF2N2O. The van der Waals surface area contributed by atoms with Crippen molar-refractivity contribution in [1.29, 1.82) is 0 Å². The van der Waals surface area contributed by atoms with E-state index in [9.17, 15) is 8.78 Å². The maximum absolute atomic E-state index is 13.0. The van der Waals surface area contributed by atoms with Crippen LogP contribution in [-0.2, 0) is 0 Å². The number of hydrogen-bond acceptors (Lipinski definition) is 3. The topological polar surface area (TPSA) is 28.4 Å². The second-order valence-corrected chi connectivity index (χ2v) is 4.49. The summed E-state index contributed by atoms with van der Waals surface area (Å²) in [6.07, 6.45) is -2.43. The molecule has 2 rings (SSSR count). The van der Waals surface area contributed by atoms with Gasteiger partial charge in [0.15, 0.2) is 4.67 Å². The third-order valence-corrected chi connectivity index (χ3v) is 3.10. The molecule has 0 bridgehead atoms. The lowest BCUT2D eigenvalue weighted by Gasteiger charge is -2.33. The summed E-state index contributed by atoms with van der Waals surface area (Å²) in [6, 6.07) is 2.31. The average molecular weight is 295 g/mol. The van der Waals surface area contributed by atoms with Crippen LogP contribution < -0.4 is 5.32 Å². The number of nitrogens with zero attached hydrogens (tertiary/aromatic N) is 1. The van der Waals surface area contributed by atoms with Crippen molar-refractivity contribution in [3.8, 4) is 0 Å². The summed E-state index contributed by atoms with van der Waals surface area (Å²) in [5.41, 5.74) is 0. The average Bonchev–Trinajstić information content (AvgIpc) is 2.66. The highest BCUT2D eigenvalue weighted by Crippen LogP contribution is 2.30. The Morgan fingerprint density at radius 2 is 2.00 bits per heavy atom. The Morgan fingerprint density at radius 3 is 2.50 bits per heavy atom. The van der Waals surface area contributed by atoms with Gasteiger partial charge in [0.25, 0.3) is 6.43 Å². The van der Waals surface area contributed by atoms with E-state index < -0.39 is 12.5 Å². The standard InChI is InChI=1S/C10H13BrF2N2O/c11-8-2-1-7(16-8)9(10(12)13)15-5-3-14-4-6-15/h1-2,9-10,14H,3-6H2/t9-/m1/s1. The Balaban J connectivity index is 2.16. The molecule has 1 fully saturated rings. The van der Waals surface area contributed by atoms with Gasteiger partial charge in [0.2, 0.25) is 0 Å². The fraction of sp³-hybridized carbons (Fsp3) is 0.600. The van der Waals surface area contributed by atoms with Gasteiger partial charge in [0.1, 0.15) is 11.8 Å². The first-order chi connectivity index (χ1) is 7.68. The Hall–Kier alpha value is -0.460. The highest BCUT2D eigenvalue weighted by molar-refractivity contribution is 9.10. The van der Waals surface area contributed by atoms with Crippen LogP contribution in [-0.4, -0.2) is 37.5 Å². The first-order valence-corrected chi connectivity index (χ1v) is 5.96. The summed E-state index contributed by atoms with van der Waals surface area (Å²) in [4.78, 5) is 1.76. The summed E-state index contributed by atoms with van der Waals surface area (Å²) in [6.45, 7) is 2.72. The molecule has 0 spiro atoms. The maximum Gasteiger partial charge on any atom is 0.261 e. The zero-order valence-electron chi connectivity index (χ0n) is 8.63. The predicted octanol–water partition coefficient (Wildman–Crippen LogP) is 2.25. The molecule has 1 saturated heterocycles. The van der Waals surface area contributed by atoms with Crippen LogP contribution in [0.3, 0.4) is 0 Å². The third kappa shape index (κ3) is 2.61. The van der Waals surface area contributed by atoms with E-state index in [1.165, 1.54) is 0 Å². The molecule has 1 aliphatic rings. The minimum atomic E-state index is -2.43. The number of halogens is 3. The third-order valence-electron chi connectivity index (χ3n) is 2.67. The van der Waals surface area contributed by atoms with E-state index >= 15 is 0 Å². The van der Waals surface area contributed by atoms with Crippen LogP contribution in [0, 0.1) is 0 Å². The molecule has 90 valence electrons. The molecule has 1 N–H and O–H groups in total. The van der Waals surface area contributed by atoms with E-state index in [4.69, 9.17) is 4.42 Å². The Labute approximate surface area is 101 Å². The van der Waals surface area contributed by atoms with Gasteiger partial charge in [-0.05, 0) is 28.1 Å². The van der Waals surface area contributed by atoms with E-state index in [0.717, 1.165) is 13.1 Å². The molecule has 0 amide bonds. The lowest BCUT2D eigenvalue weighted by molar-refractivity contribution is 0.00710. The molecule has 16 heavy (non-hydrogen) atoms. The normalized spacial score (nSPS) is 20.2. The molecular weight excluding hydrogens is 282 g/mol. The van der Waals surface area contributed by atoms with Crippen LogP contribution in [0.25, 0.3) is 0 Å². The van der Waals surface area contributed by atoms with Crippen LogP contribution in [0.4, 0.5) is 8.78 Å². The number of rotatable bonds is 3. The first kappa shape index (κ1) is 12.0. The largest absolute Gasteiger partial charge is 0.452 e. The van der Waals surface area contributed by atoms with Gasteiger partial charge in [-0.25, -0.2) is 8.78 Å². The van der Waals surface area contributed by atoms with E-state index in [2.05, 4.69) is 21.2 Å². The molecule has 1 aliphatic heterocycles. The monoisotopic (exact) mass is 294 g/mol. The predicted molar refractivity (Wildman–Crippen MR) is 59.6 cm³/mol. The van der Waals surface area contributed by atoms with Crippen molar-refractivity contribution >= 4 is 15.9 Å². The molecule has 2 heterocycles. The molecule has 0 aliphatic carbocycles. The van der Waals surface area contributed by atoms with Crippen molar-refractivity contribution in [3.63, 3.8) is 0 Å². The van der Waals surface area contributed by atoms with Crippen molar-refractivity contribution in [1.82, 2.24) is 10.2 Å². The van der Waals surface area contributed by atoms with Crippen molar-refractivity contribution in [3.05, 3.63) is 22.6 Å². The highest BCUT2D eigenvalue weighted by Gasteiger charge is 2.32. The minimum Gasteiger partial charge on any atom is -0.452 e. The molecule has 1 aromatic rings. The summed E-state index contributed by atoms with van der Waals surface area (Å²) < 4.78 is 31.8. The summed E-state index contributed by atoms with van der Waals surface area (Å²) >= 11 is 3.13. The molecule has 0 aromatic carbocycles. The number of furan rings is 1. The number of alkyl halides is 2. The first-order valence-electron chi connectivity index (χ1n) is 5.16. The molecule has 6 heteroatoms. The fourth-order valence-electron chi connectivity index (χ4n) is 1.91. The van der Waals surface area contributed by atoms with Crippen molar-refractivity contribution in [2.75, 3.05) is 26.2 Å². The maximum atomic E-state index is 13.0. The van der Waals surface area contributed by atoms with Gasteiger partial charge in [-0.1, -0.05) is 0 Å². The number of hydrogen-bond donors (Lipinski definition) is 1. The summed E-state index contributed by atoms with van der Waals surface area (Å²) in [5, 5.41) is 3.14. The van der Waals surface area contributed by atoms with Gasteiger partial charge < -0.3 is 9.73 Å². The second kappa shape index (κ2) is 5.25. The fourth-order valence-corrected chi connectivity index (χ4v) is 2.23. The molecule has 1 atom stereocenters. The van der Waals surface area contributed by atoms with E-state index in [0.29, 0.717) is 23.5 Å². The molecule has 0 unspecified atom stereocenters. The van der Waals surface area contributed by atoms with E-state index in [-0.39, 0.29) is 0 Å². The second-order valence-electron chi connectivity index (χ2n) is 3.71. The van der Waals surface area contributed by atoms with E-state index in [1.54, 1.807) is 17.0 Å². The van der Waals surface area contributed by atoms with Crippen LogP contribution in [0.1, 0.15) is 11.8 Å². The smallest absolute Gasteiger partial charge is 0.261 e. The lowest BCUT2D eigenvalue weighted by Crippen LogP contribution is -2.46.